The quantitative estimate of drug-likeness (QED) is 0.877. The Balaban J connectivity index is 1.45. The van der Waals surface area contributed by atoms with Gasteiger partial charge in [-0.3, -0.25) is 9.69 Å². The Morgan fingerprint density at radius 2 is 1.71 bits per heavy atom. The molecule has 2 aliphatic rings. The van der Waals surface area contributed by atoms with E-state index in [1.54, 1.807) is 0 Å². The summed E-state index contributed by atoms with van der Waals surface area (Å²) in [5.74, 6) is 1.64. The molecule has 1 N–H and O–H groups in total. The van der Waals surface area contributed by atoms with Gasteiger partial charge in [0.05, 0.1) is 0 Å². The first-order valence-electron chi connectivity index (χ1n) is 9.80. The topological polar surface area (TPSA) is 32.3 Å². The summed E-state index contributed by atoms with van der Waals surface area (Å²) < 4.78 is 0. The van der Waals surface area contributed by atoms with Gasteiger partial charge in [-0.1, -0.05) is 38.3 Å². The number of likely N-dealkylation sites (tertiary alicyclic amines) is 1. The Labute approximate surface area is 146 Å². The van der Waals surface area contributed by atoms with E-state index in [0.717, 1.165) is 24.6 Å². The molecule has 0 atom stereocenters. The Morgan fingerprint density at radius 3 is 2.38 bits per heavy atom. The van der Waals surface area contributed by atoms with Gasteiger partial charge in [-0.2, -0.15) is 0 Å². The van der Waals surface area contributed by atoms with E-state index in [1.807, 2.05) is 12.1 Å². The maximum Gasteiger partial charge on any atom is 0.251 e. The van der Waals surface area contributed by atoms with Crippen molar-refractivity contribution in [1.82, 2.24) is 10.2 Å². The minimum Gasteiger partial charge on any atom is -0.352 e. The van der Waals surface area contributed by atoms with Gasteiger partial charge in [0.2, 0.25) is 0 Å². The van der Waals surface area contributed by atoms with Crippen LogP contribution in [0.3, 0.4) is 0 Å². The summed E-state index contributed by atoms with van der Waals surface area (Å²) >= 11 is 0. The molecule has 3 rings (SSSR count). The maximum absolute atomic E-state index is 12.3. The second-order valence-corrected chi connectivity index (χ2v) is 7.87. The standard InChI is InChI=1S/C21H32N2O/c1-17-11-13-23(14-12-17)16-19-7-9-20(10-8-19)21(24)22-15-18-5-3-2-4-6-18/h7-10,17-18H,2-6,11-16H2,1H3,(H,22,24). The fourth-order valence-corrected chi connectivity index (χ4v) is 3.97. The molecule has 0 aromatic heterocycles. The highest BCUT2D eigenvalue weighted by Gasteiger charge is 2.17. The van der Waals surface area contributed by atoms with Crippen LogP contribution >= 0.6 is 0 Å². The van der Waals surface area contributed by atoms with Crippen LogP contribution < -0.4 is 5.32 Å². The first-order chi connectivity index (χ1) is 11.7. The predicted octanol–water partition coefficient (Wildman–Crippen LogP) is 4.23. The number of hydrogen-bond donors (Lipinski definition) is 1. The van der Waals surface area contributed by atoms with Gasteiger partial charge in [-0.15, -0.1) is 0 Å². The molecule has 3 heteroatoms. The van der Waals surface area contributed by atoms with Crippen LogP contribution in [0.5, 0.6) is 0 Å². The summed E-state index contributed by atoms with van der Waals surface area (Å²) in [5, 5.41) is 3.13. The highest BCUT2D eigenvalue weighted by atomic mass is 16.1. The molecule has 1 aliphatic heterocycles. The van der Waals surface area contributed by atoms with Crippen molar-refractivity contribution < 1.29 is 4.79 Å². The molecule has 0 unspecified atom stereocenters. The third kappa shape index (κ3) is 5.07. The number of nitrogens with zero attached hydrogens (tertiary/aromatic N) is 1. The van der Waals surface area contributed by atoms with Crippen molar-refractivity contribution >= 4 is 5.91 Å². The monoisotopic (exact) mass is 328 g/mol. The Hall–Kier alpha value is -1.35. The second-order valence-electron chi connectivity index (χ2n) is 7.87. The summed E-state index contributed by atoms with van der Waals surface area (Å²) in [6, 6.07) is 8.21. The fourth-order valence-electron chi connectivity index (χ4n) is 3.97. The summed E-state index contributed by atoms with van der Waals surface area (Å²) in [7, 11) is 0. The van der Waals surface area contributed by atoms with Crippen molar-refractivity contribution in [3.63, 3.8) is 0 Å². The van der Waals surface area contributed by atoms with Crippen molar-refractivity contribution in [2.24, 2.45) is 11.8 Å². The summed E-state index contributed by atoms with van der Waals surface area (Å²) in [4.78, 5) is 14.8. The average Bonchev–Trinajstić information content (AvgIpc) is 2.63. The molecule has 1 aromatic carbocycles. The van der Waals surface area contributed by atoms with Crippen LogP contribution in [0.2, 0.25) is 0 Å². The largest absolute Gasteiger partial charge is 0.352 e. The molecule has 1 aliphatic carbocycles. The summed E-state index contributed by atoms with van der Waals surface area (Å²) in [6.07, 6.45) is 9.17. The zero-order valence-corrected chi connectivity index (χ0v) is 15.1. The molecule has 1 saturated heterocycles. The van der Waals surface area contributed by atoms with E-state index in [9.17, 15) is 4.79 Å². The highest BCUT2D eigenvalue weighted by molar-refractivity contribution is 5.94. The number of carbonyl (C=O) groups is 1. The minimum absolute atomic E-state index is 0.0823. The molecule has 1 amide bonds. The molecule has 0 radical (unpaired) electrons. The third-order valence-electron chi connectivity index (χ3n) is 5.77. The zero-order valence-electron chi connectivity index (χ0n) is 15.1. The molecule has 0 spiro atoms. The van der Waals surface area contributed by atoms with E-state index < -0.39 is 0 Å². The van der Waals surface area contributed by atoms with E-state index >= 15 is 0 Å². The number of amides is 1. The first kappa shape index (κ1) is 17.5. The van der Waals surface area contributed by atoms with Crippen LogP contribution in [-0.4, -0.2) is 30.4 Å². The number of hydrogen-bond acceptors (Lipinski definition) is 2. The predicted molar refractivity (Wildman–Crippen MR) is 99.0 cm³/mol. The van der Waals surface area contributed by atoms with Crippen molar-refractivity contribution in [2.45, 2.75) is 58.4 Å². The van der Waals surface area contributed by atoms with Gasteiger partial charge in [0.1, 0.15) is 0 Å². The Kier molecular flexibility index (Phi) is 6.30. The lowest BCUT2D eigenvalue weighted by atomic mass is 9.89. The lowest BCUT2D eigenvalue weighted by molar-refractivity contribution is 0.0943. The van der Waals surface area contributed by atoms with Crippen LogP contribution in [0.1, 0.15) is 67.8 Å². The lowest BCUT2D eigenvalue weighted by Gasteiger charge is -2.30. The molecule has 132 valence electrons. The molecule has 0 bridgehead atoms. The van der Waals surface area contributed by atoms with Gasteiger partial charge in [-0.05, 0) is 68.3 Å². The number of rotatable bonds is 5. The minimum atomic E-state index is 0.0823. The maximum atomic E-state index is 12.3. The molecular formula is C21H32N2O. The molecule has 1 aromatic rings. The normalized spacial score (nSPS) is 20.9. The van der Waals surface area contributed by atoms with Crippen LogP contribution in [0, 0.1) is 11.8 Å². The van der Waals surface area contributed by atoms with E-state index in [0.29, 0.717) is 5.92 Å². The van der Waals surface area contributed by atoms with Gasteiger partial charge < -0.3 is 5.32 Å². The summed E-state index contributed by atoms with van der Waals surface area (Å²) in [5.41, 5.74) is 2.11. The zero-order chi connectivity index (χ0) is 16.8. The number of carbonyl (C=O) groups excluding carboxylic acids is 1. The average molecular weight is 329 g/mol. The van der Waals surface area contributed by atoms with Gasteiger partial charge in [0, 0.05) is 18.7 Å². The molecule has 24 heavy (non-hydrogen) atoms. The second kappa shape index (κ2) is 8.66. The SMILES string of the molecule is CC1CCN(Cc2ccc(C(=O)NCC3CCCCC3)cc2)CC1. The molecule has 1 saturated carbocycles. The van der Waals surface area contributed by atoms with Gasteiger partial charge in [0.25, 0.3) is 5.91 Å². The van der Waals surface area contributed by atoms with E-state index in [1.165, 1.54) is 63.6 Å². The van der Waals surface area contributed by atoms with Crippen molar-refractivity contribution in [2.75, 3.05) is 19.6 Å². The van der Waals surface area contributed by atoms with Crippen molar-refractivity contribution in [3.8, 4) is 0 Å². The number of benzene rings is 1. The van der Waals surface area contributed by atoms with Crippen LogP contribution in [0.15, 0.2) is 24.3 Å². The van der Waals surface area contributed by atoms with E-state index in [4.69, 9.17) is 0 Å². The van der Waals surface area contributed by atoms with Crippen LogP contribution in [0.25, 0.3) is 0 Å². The van der Waals surface area contributed by atoms with Crippen molar-refractivity contribution in [3.05, 3.63) is 35.4 Å². The summed E-state index contributed by atoms with van der Waals surface area (Å²) in [6.45, 7) is 6.59. The van der Waals surface area contributed by atoms with Crippen LogP contribution in [-0.2, 0) is 6.54 Å². The van der Waals surface area contributed by atoms with Gasteiger partial charge in [-0.25, -0.2) is 0 Å². The molecular weight excluding hydrogens is 296 g/mol. The smallest absolute Gasteiger partial charge is 0.251 e. The Morgan fingerprint density at radius 1 is 1.04 bits per heavy atom. The number of nitrogens with one attached hydrogen (secondary N) is 1. The molecule has 1 heterocycles. The lowest BCUT2D eigenvalue weighted by Crippen LogP contribution is -2.32. The fraction of sp³-hybridized carbons (Fsp3) is 0.667. The van der Waals surface area contributed by atoms with Gasteiger partial charge in [0.15, 0.2) is 0 Å². The Bertz CT molecular complexity index is 511. The van der Waals surface area contributed by atoms with Crippen molar-refractivity contribution in [1.29, 1.82) is 0 Å². The van der Waals surface area contributed by atoms with Crippen LogP contribution in [0.4, 0.5) is 0 Å². The number of piperidine rings is 1. The third-order valence-corrected chi connectivity index (χ3v) is 5.77. The van der Waals surface area contributed by atoms with E-state index in [2.05, 4.69) is 29.3 Å². The van der Waals surface area contributed by atoms with E-state index in [-0.39, 0.29) is 5.91 Å². The molecule has 2 fully saturated rings. The highest BCUT2D eigenvalue weighted by Crippen LogP contribution is 2.23. The molecule has 3 nitrogen and oxygen atoms in total. The first-order valence-corrected chi connectivity index (χ1v) is 9.80. The van der Waals surface area contributed by atoms with Gasteiger partial charge >= 0.3 is 0 Å².